The lowest BCUT2D eigenvalue weighted by Gasteiger charge is -2.29. The minimum Gasteiger partial charge on any atom is -0.495 e. The molecule has 3 aliphatic rings. The van der Waals surface area contributed by atoms with Gasteiger partial charge in [-0.1, -0.05) is 12.1 Å². The number of carbonyl (C=O) groups is 2. The molecule has 156 valence electrons. The molecule has 0 bridgehead atoms. The van der Waals surface area contributed by atoms with Crippen LogP contribution in [0.25, 0.3) is 0 Å². The van der Waals surface area contributed by atoms with Gasteiger partial charge in [-0.25, -0.2) is 0 Å². The second kappa shape index (κ2) is 8.10. The molecule has 0 spiro atoms. The fourth-order valence-corrected chi connectivity index (χ4v) is 3.54. The van der Waals surface area contributed by atoms with Gasteiger partial charge >= 0.3 is 0 Å². The summed E-state index contributed by atoms with van der Waals surface area (Å²) >= 11 is 0. The predicted molar refractivity (Wildman–Crippen MR) is 115 cm³/mol. The molecule has 0 atom stereocenters. The number of carbonyl (C=O) groups excluding carboxylic acids is 2. The molecule has 0 unspecified atom stereocenters. The van der Waals surface area contributed by atoms with Gasteiger partial charge in [0.25, 0.3) is 11.8 Å². The van der Waals surface area contributed by atoms with Crippen LogP contribution in [0.4, 0.5) is 5.69 Å². The Hall–Kier alpha value is -3.48. The number of para-hydroxylation sites is 2. The summed E-state index contributed by atoms with van der Waals surface area (Å²) in [5, 5.41) is 9.32. The van der Waals surface area contributed by atoms with Gasteiger partial charge < -0.3 is 20.7 Å². The van der Waals surface area contributed by atoms with E-state index < -0.39 is 0 Å². The van der Waals surface area contributed by atoms with Crippen molar-refractivity contribution in [2.75, 3.05) is 18.6 Å². The fraction of sp³-hybridized carbons (Fsp3) is 0.304. The number of hydrogen-bond donors (Lipinski definition) is 3. The zero-order chi connectivity index (χ0) is 21.3. The molecule has 1 aromatic carbocycles. The van der Waals surface area contributed by atoms with Gasteiger partial charge in [0.1, 0.15) is 11.4 Å². The summed E-state index contributed by atoms with van der Waals surface area (Å²) in [5.41, 5.74) is 3.95. The van der Waals surface area contributed by atoms with Crippen LogP contribution in [-0.2, 0) is 9.59 Å². The molecule has 4 rings (SSSR count). The number of amides is 2. The quantitative estimate of drug-likeness (QED) is 0.655. The molecule has 0 saturated heterocycles. The van der Waals surface area contributed by atoms with Gasteiger partial charge in [-0.2, -0.15) is 0 Å². The molecule has 1 saturated carbocycles. The Morgan fingerprint density at radius 1 is 1.23 bits per heavy atom. The molecule has 1 fully saturated rings. The standard InChI is InChI=1S/C23H26N4O3/c1-14-13-27(19-6-4-5-7-20(19)30-3)23(29)21(25-14)15(2)22(28)26-17-10-11-18(24-12-17)16-8-9-16/h4-7,10-11,13,16,24-25H,8-9,12H2,1-3H3,(H,26,28)/b21-15+. The van der Waals surface area contributed by atoms with E-state index in [1.54, 1.807) is 32.4 Å². The molecule has 0 radical (unpaired) electrons. The lowest BCUT2D eigenvalue weighted by atomic mass is 10.1. The first-order chi connectivity index (χ1) is 14.5. The zero-order valence-electron chi connectivity index (χ0n) is 17.4. The third-order valence-electron chi connectivity index (χ3n) is 5.38. The third kappa shape index (κ3) is 3.96. The largest absolute Gasteiger partial charge is 0.495 e. The number of ether oxygens (including phenoxy) is 1. The SMILES string of the molecule is COc1ccccc1N1C=C(C)N/C(=C(\C)C(=O)NC2=CC=C(C3CC3)NC2)C1=O. The highest BCUT2D eigenvalue weighted by molar-refractivity contribution is 6.13. The molecular weight excluding hydrogens is 380 g/mol. The van der Waals surface area contributed by atoms with Crippen LogP contribution in [0.3, 0.4) is 0 Å². The maximum absolute atomic E-state index is 13.2. The molecule has 2 heterocycles. The summed E-state index contributed by atoms with van der Waals surface area (Å²) in [4.78, 5) is 27.5. The van der Waals surface area contributed by atoms with Crippen LogP contribution in [0.1, 0.15) is 26.7 Å². The van der Waals surface area contributed by atoms with E-state index >= 15 is 0 Å². The van der Waals surface area contributed by atoms with E-state index in [4.69, 9.17) is 4.74 Å². The van der Waals surface area contributed by atoms with Crippen LogP contribution in [0.2, 0.25) is 0 Å². The molecular formula is C23H26N4O3. The van der Waals surface area contributed by atoms with Crippen molar-refractivity contribution in [3.8, 4) is 5.75 Å². The number of rotatable bonds is 5. The number of nitrogens with zero attached hydrogens (tertiary/aromatic N) is 1. The monoisotopic (exact) mass is 406 g/mol. The Morgan fingerprint density at radius 3 is 2.67 bits per heavy atom. The smallest absolute Gasteiger partial charge is 0.279 e. The number of methoxy groups -OCH3 is 1. The predicted octanol–water partition coefficient (Wildman–Crippen LogP) is 2.66. The van der Waals surface area contributed by atoms with Crippen molar-refractivity contribution in [3.63, 3.8) is 0 Å². The lowest BCUT2D eigenvalue weighted by molar-refractivity contribution is -0.118. The molecule has 0 aromatic heterocycles. The van der Waals surface area contributed by atoms with Crippen LogP contribution < -0.4 is 25.6 Å². The van der Waals surface area contributed by atoms with Crippen molar-refractivity contribution in [2.45, 2.75) is 26.7 Å². The van der Waals surface area contributed by atoms with Crippen LogP contribution >= 0.6 is 0 Å². The van der Waals surface area contributed by atoms with Crippen molar-refractivity contribution in [3.05, 3.63) is 71.0 Å². The van der Waals surface area contributed by atoms with Crippen LogP contribution in [0.15, 0.2) is 71.0 Å². The van der Waals surface area contributed by atoms with E-state index in [1.165, 1.54) is 23.4 Å². The van der Waals surface area contributed by atoms with Crippen molar-refractivity contribution < 1.29 is 14.3 Å². The highest BCUT2D eigenvalue weighted by atomic mass is 16.5. The van der Waals surface area contributed by atoms with Crippen LogP contribution in [-0.4, -0.2) is 25.5 Å². The highest BCUT2D eigenvalue weighted by Crippen LogP contribution is 2.35. The Balaban J connectivity index is 1.56. The highest BCUT2D eigenvalue weighted by Gasteiger charge is 2.30. The summed E-state index contributed by atoms with van der Waals surface area (Å²) in [6, 6.07) is 7.28. The summed E-state index contributed by atoms with van der Waals surface area (Å²) in [6.45, 7) is 4.07. The summed E-state index contributed by atoms with van der Waals surface area (Å²) in [6.07, 6.45) is 8.11. The molecule has 7 heteroatoms. The van der Waals surface area contributed by atoms with Gasteiger partial charge in [-0.3, -0.25) is 14.5 Å². The number of hydrogen-bond acceptors (Lipinski definition) is 5. The lowest BCUT2D eigenvalue weighted by Crippen LogP contribution is -2.41. The summed E-state index contributed by atoms with van der Waals surface area (Å²) < 4.78 is 5.40. The summed E-state index contributed by atoms with van der Waals surface area (Å²) in [7, 11) is 1.56. The Morgan fingerprint density at radius 2 is 2.00 bits per heavy atom. The number of dihydropyridines is 1. The Bertz CT molecular complexity index is 1020. The second-order valence-corrected chi connectivity index (χ2v) is 7.68. The normalized spacial score (nSPS) is 20.3. The molecule has 3 N–H and O–H groups in total. The van der Waals surface area contributed by atoms with E-state index in [9.17, 15) is 9.59 Å². The van der Waals surface area contributed by atoms with Crippen molar-refractivity contribution in [1.29, 1.82) is 0 Å². The molecule has 1 aromatic rings. The molecule has 2 amide bonds. The molecule has 2 aliphatic heterocycles. The van der Waals surface area contributed by atoms with E-state index in [1.807, 2.05) is 31.2 Å². The molecule has 30 heavy (non-hydrogen) atoms. The van der Waals surface area contributed by atoms with Crippen molar-refractivity contribution >= 4 is 17.5 Å². The zero-order valence-corrected chi connectivity index (χ0v) is 17.4. The van der Waals surface area contributed by atoms with Crippen LogP contribution in [0.5, 0.6) is 5.75 Å². The average molecular weight is 406 g/mol. The first-order valence-electron chi connectivity index (χ1n) is 10.1. The number of benzene rings is 1. The number of anilines is 1. The average Bonchev–Trinajstić information content (AvgIpc) is 3.60. The first-order valence-corrected chi connectivity index (χ1v) is 10.1. The molecule has 1 aliphatic carbocycles. The second-order valence-electron chi connectivity index (χ2n) is 7.68. The number of allylic oxidation sites excluding steroid dienone is 4. The van der Waals surface area contributed by atoms with Gasteiger partial charge in [-0.15, -0.1) is 0 Å². The minimum atomic E-state index is -0.315. The topological polar surface area (TPSA) is 82.7 Å². The maximum Gasteiger partial charge on any atom is 0.279 e. The van der Waals surface area contributed by atoms with Crippen LogP contribution in [0, 0.1) is 5.92 Å². The van der Waals surface area contributed by atoms with E-state index in [0.717, 1.165) is 11.4 Å². The van der Waals surface area contributed by atoms with Crippen molar-refractivity contribution in [1.82, 2.24) is 16.0 Å². The van der Waals surface area contributed by atoms with E-state index in [0.29, 0.717) is 29.5 Å². The maximum atomic E-state index is 13.2. The summed E-state index contributed by atoms with van der Waals surface area (Å²) in [5.74, 6) is 0.596. The third-order valence-corrected chi connectivity index (χ3v) is 5.38. The number of nitrogens with one attached hydrogen (secondary N) is 3. The fourth-order valence-electron chi connectivity index (χ4n) is 3.54. The Kier molecular flexibility index (Phi) is 5.35. The van der Waals surface area contributed by atoms with E-state index in [2.05, 4.69) is 16.0 Å². The van der Waals surface area contributed by atoms with Gasteiger partial charge in [0, 0.05) is 28.9 Å². The van der Waals surface area contributed by atoms with E-state index in [-0.39, 0.29) is 17.5 Å². The Labute approximate surface area is 176 Å². The molecule has 7 nitrogen and oxygen atoms in total. The van der Waals surface area contributed by atoms with Gasteiger partial charge in [-0.05, 0) is 56.9 Å². The first kappa shape index (κ1) is 19.8. The van der Waals surface area contributed by atoms with Gasteiger partial charge in [0.15, 0.2) is 0 Å². The van der Waals surface area contributed by atoms with Crippen molar-refractivity contribution in [2.24, 2.45) is 5.92 Å². The minimum absolute atomic E-state index is 0.247. The van der Waals surface area contributed by atoms with Gasteiger partial charge in [0.05, 0.1) is 19.3 Å². The van der Waals surface area contributed by atoms with Gasteiger partial charge in [0.2, 0.25) is 0 Å².